The average Bonchev–Trinajstić information content (AvgIpc) is 2.14. The third kappa shape index (κ3) is 3.83. The summed E-state index contributed by atoms with van der Waals surface area (Å²) in [7, 11) is -3.25. The first kappa shape index (κ1) is 11.9. The predicted octanol–water partition coefficient (Wildman–Crippen LogP) is 1.73. The molecule has 1 rings (SSSR count). The van der Waals surface area contributed by atoms with E-state index in [2.05, 4.69) is 0 Å². The van der Waals surface area contributed by atoms with Gasteiger partial charge < -0.3 is 4.74 Å². The summed E-state index contributed by atoms with van der Waals surface area (Å²) in [5, 5.41) is 0. The van der Waals surface area contributed by atoms with Gasteiger partial charge in [-0.05, 0) is 24.3 Å². The van der Waals surface area contributed by atoms with Crippen LogP contribution in [-0.4, -0.2) is 27.7 Å². The van der Waals surface area contributed by atoms with Crippen LogP contribution in [0.3, 0.4) is 0 Å². The number of hydrogen-bond donors (Lipinski definition) is 0. The van der Waals surface area contributed by atoms with Crippen LogP contribution in [0, 0.1) is 0 Å². The first-order valence-corrected chi connectivity index (χ1v) is 6.00. The van der Waals surface area contributed by atoms with Crippen LogP contribution in [0.1, 0.15) is 0 Å². The molecule has 3 nitrogen and oxygen atoms in total. The Balaban J connectivity index is 2.73. The van der Waals surface area contributed by atoms with Crippen LogP contribution in [0.2, 0.25) is 0 Å². The minimum Gasteiger partial charge on any atom is -0.488 e. The lowest BCUT2D eigenvalue weighted by molar-refractivity contribution is 0.0819. The van der Waals surface area contributed by atoms with E-state index in [0.717, 1.165) is 6.26 Å². The van der Waals surface area contributed by atoms with Crippen molar-refractivity contribution in [1.82, 2.24) is 0 Å². The van der Waals surface area contributed by atoms with Gasteiger partial charge in [0.15, 0.2) is 9.84 Å². The van der Waals surface area contributed by atoms with E-state index in [1.54, 1.807) is 0 Å². The van der Waals surface area contributed by atoms with Gasteiger partial charge in [-0.1, -0.05) is 0 Å². The Hall–Kier alpha value is -1.17. The van der Waals surface area contributed by atoms with E-state index < -0.39 is 22.9 Å². The van der Waals surface area contributed by atoms with Crippen LogP contribution >= 0.6 is 0 Å². The second kappa shape index (κ2) is 4.57. The summed E-state index contributed by atoms with van der Waals surface area (Å²) in [6.45, 7) is -0.696. The molecule has 0 fully saturated rings. The van der Waals surface area contributed by atoms with Gasteiger partial charge >= 0.3 is 0 Å². The standard InChI is InChI=1S/C9H10F2O3S/c1-15(12,13)8-4-2-7(3-5-8)14-6-9(10)11/h2-5,9H,6H2,1H3. The Morgan fingerprint density at radius 2 is 1.80 bits per heavy atom. The summed E-state index contributed by atoms with van der Waals surface area (Å²) >= 11 is 0. The van der Waals surface area contributed by atoms with E-state index in [1.807, 2.05) is 0 Å². The van der Waals surface area contributed by atoms with Crippen molar-refractivity contribution < 1.29 is 21.9 Å². The molecule has 0 unspecified atom stereocenters. The van der Waals surface area contributed by atoms with E-state index in [1.165, 1.54) is 24.3 Å². The molecule has 0 saturated carbocycles. The van der Waals surface area contributed by atoms with Crippen molar-refractivity contribution in [1.29, 1.82) is 0 Å². The van der Waals surface area contributed by atoms with Gasteiger partial charge in [0, 0.05) is 6.26 Å². The molecular weight excluding hydrogens is 226 g/mol. The zero-order valence-electron chi connectivity index (χ0n) is 7.98. The molecule has 0 spiro atoms. The van der Waals surface area contributed by atoms with Crippen molar-refractivity contribution in [2.24, 2.45) is 0 Å². The molecule has 1 aromatic carbocycles. The Labute approximate surface area is 86.6 Å². The average molecular weight is 236 g/mol. The minimum atomic E-state index is -3.25. The third-order valence-electron chi connectivity index (χ3n) is 1.63. The van der Waals surface area contributed by atoms with Gasteiger partial charge in [-0.25, -0.2) is 17.2 Å². The highest BCUT2D eigenvalue weighted by Crippen LogP contribution is 2.16. The van der Waals surface area contributed by atoms with Gasteiger partial charge in [0.05, 0.1) is 4.90 Å². The van der Waals surface area contributed by atoms with E-state index in [-0.39, 0.29) is 10.6 Å². The molecule has 0 atom stereocenters. The van der Waals surface area contributed by atoms with Crippen LogP contribution in [0.4, 0.5) is 8.78 Å². The molecule has 0 aliphatic carbocycles. The lowest BCUT2D eigenvalue weighted by atomic mass is 10.3. The van der Waals surface area contributed by atoms with Gasteiger partial charge in [-0.15, -0.1) is 0 Å². The van der Waals surface area contributed by atoms with Crippen molar-refractivity contribution in [3.05, 3.63) is 24.3 Å². The first-order chi connectivity index (χ1) is 6.89. The summed E-state index contributed by atoms with van der Waals surface area (Å²) in [6.07, 6.45) is -1.47. The minimum absolute atomic E-state index is 0.131. The summed E-state index contributed by atoms with van der Waals surface area (Å²) in [5.41, 5.74) is 0. The molecule has 0 aliphatic heterocycles. The maximum Gasteiger partial charge on any atom is 0.272 e. The van der Waals surface area contributed by atoms with Gasteiger partial charge in [0.1, 0.15) is 12.4 Å². The fourth-order valence-corrected chi connectivity index (χ4v) is 1.57. The Bertz CT molecular complexity index is 411. The van der Waals surface area contributed by atoms with Crippen LogP contribution in [0.25, 0.3) is 0 Å². The molecule has 84 valence electrons. The highest BCUT2D eigenvalue weighted by molar-refractivity contribution is 7.90. The quantitative estimate of drug-likeness (QED) is 0.799. The highest BCUT2D eigenvalue weighted by Gasteiger charge is 2.07. The lowest BCUT2D eigenvalue weighted by Gasteiger charge is -2.05. The number of halogens is 2. The second-order valence-electron chi connectivity index (χ2n) is 2.95. The van der Waals surface area contributed by atoms with Gasteiger partial charge in [-0.3, -0.25) is 0 Å². The summed E-state index contributed by atoms with van der Waals surface area (Å²) in [5.74, 6) is 0.225. The van der Waals surface area contributed by atoms with Gasteiger partial charge in [0.25, 0.3) is 6.43 Å². The van der Waals surface area contributed by atoms with Gasteiger partial charge in [-0.2, -0.15) is 0 Å². The van der Waals surface area contributed by atoms with E-state index >= 15 is 0 Å². The number of benzene rings is 1. The van der Waals surface area contributed by atoms with Crippen LogP contribution in [-0.2, 0) is 9.84 Å². The molecule has 0 bridgehead atoms. The molecule has 0 saturated heterocycles. The molecule has 0 radical (unpaired) electrons. The molecule has 15 heavy (non-hydrogen) atoms. The maximum atomic E-state index is 11.8. The van der Waals surface area contributed by atoms with Crippen molar-refractivity contribution in [3.8, 4) is 5.75 Å². The van der Waals surface area contributed by atoms with Gasteiger partial charge in [0.2, 0.25) is 0 Å². The summed E-state index contributed by atoms with van der Waals surface area (Å²) < 4.78 is 50.3. The summed E-state index contributed by atoms with van der Waals surface area (Å²) in [4.78, 5) is 0.131. The number of sulfone groups is 1. The zero-order chi connectivity index (χ0) is 11.5. The normalized spacial score (nSPS) is 11.7. The molecule has 6 heteroatoms. The van der Waals surface area contributed by atoms with Crippen LogP contribution in [0.15, 0.2) is 29.2 Å². The van der Waals surface area contributed by atoms with Crippen molar-refractivity contribution >= 4 is 9.84 Å². The van der Waals surface area contributed by atoms with Crippen LogP contribution < -0.4 is 4.74 Å². The molecular formula is C9H10F2O3S. The van der Waals surface area contributed by atoms with Crippen molar-refractivity contribution in [3.63, 3.8) is 0 Å². The molecule has 0 amide bonds. The smallest absolute Gasteiger partial charge is 0.272 e. The SMILES string of the molecule is CS(=O)(=O)c1ccc(OCC(F)F)cc1. The van der Waals surface area contributed by atoms with E-state index in [4.69, 9.17) is 4.74 Å². The van der Waals surface area contributed by atoms with E-state index in [0.29, 0.717) is 0 Å². The number of hydrogen-bond acceptors (Lipinski definition) is 3. The molecule has 0 N–H and O–H groups in total. The fraction of sp³-hybridized carbons (Fsp3) is 0.333. The Morgan fingerprint density at radius 3 is 2.20 bits per heavy atom. The lowest BCUT2D eigenvalue weighted by Crippen LogP contribution is -2.07. The summed E-state index contributed by atoms with van der Waals surface area (Å²) in [6, 6.07) is 5.32. The third-order valence-corrected chi connectivity index (χ3v) is 2.76. The number of ether oxygens (including phenoxy) is 1. The Kier molecular flexibility index (Phi) is 3.62. The Morgan fingerprint density at radius 1 is 1.27 bits per heavy atom. The predicted molar refractivity (Wildman–Crippen MR) is 51.1 cm³/mol. The number of alkyl halides is 2. The molecule has 1 aromatic rings. The fourth-order valence-electron chi connectivity index (χ4n) is 0.942. The molecule has 0 heterocycles. The number of rotatable bonds is 4. The van der Waals surface area contributed by atoms with Crippen molar-refractivity contribution in [2.75, 3.05) is 12.9 Å². The van der Waals surface area contributed by atoms with Crippen LogP contribution in [0.5, 0.6) is 5.75 Å². The monoisotopic (exact) mass is 236 g/mol. The molecule has 0 aromatic heterocycles. The van der Waals surface area contributed by atoms with Crippen molar-refractivity contribution in [2.45, 2.75) is 11.3 Å². The van der Waals surface area contributed by atoms with E-state index in [9.17, 15) is 17.2 Å². The second-order valence-corrected chi connectivity index (χ2v) is 4.96. The highest BCUT2D eigenvalue weighted by atomic mass is 32.2. The topological polar surface area (TPSA) is 43.4 Å². The molecule has 0 aliphatic rings. The zero-order valence-corrected chi connectivity index (χ0v) is 8.80. The largest absolute Gasteiger partial charge is 0.488 e. The first-order valence-electron chi connectivity index (χ1n) is 4.10. The maximum absolute atomic E-state index is 11.8.